The minimum atomic E-state index is 0.0586. The number of likely N-dealkylation sites (tertiary alicyclic amines) is 1. The fraction of sp³-hybridized carbons (Fsp3) is 0.346. The number of benzene rings is 1. The maximum atomic E-state index is 12.1. The highest BCUT2D eigenvalue weighted by Gasteiger charge is 2.30. The van der Waals surface area contributed by atoms with E-state index in [4.69, 9.17) is 4.74 Å². The van der Waals surface area contributed by atoms with Gasteiger partial charge in [0.05, 0.1) is 11.7 Å². The first-order chi connectivity index (χ1) is 16.6. The fourth-order valence-electron chi connectivity index (χ4n) is 4.52. The van der Waals surface area contributed by atoms with Gasteiger partial charge in [-0.15, -0.1) is 0 Å². The smallest absolute Gasteiger partial charge is 0.228 e. The molecule has 8 heteroatoms. The molecule has 8 nitrogen and oxygen atoms in total. The van der Waals surface area contributed by atoms with Crippen molar-refractivity contribution in [2.75, 3.05) is 18.5 Å². The molecule has 1 saturated heterocycles. The highest BCUT2D eigenvalue weighted by atomic mass is 16.5. The van der Waals surface area contributed by atoms with Gasteiger partial charge in [-0.2, -0.15) is 10.2 Å². The molecule has 174 valence electrons. The zero-order chi connectivity index (χ0) is 23.1. The van der Waals surface area contributed by atoms with E-state index >= 15 is 0 Å². The largest absolute Gasteiger partial charge is 0.488 e. The Balaban J connectivity index is 1.16. The average Bonchev–Trinajstić information content (AvgIpc) is 3.52. The van der Waals surface area contributed by atoms with Gasteiger partial charge in [-0.25, -0.2) is 4.52 Å². The van der Waals surface area contributed by atoms with Crippen LogP contribution in [0.25, 0.3) is 16.8 Å². The summed E-state index contributed by atoms with van der Waals surface area (Å²) in [6.45, 7) is 2.68. The van der Waals surface area contributed by atoms with Gasteiger partial charge in [0.1, 0.15) is 12.3 Å². The van der Waals surface area contributed by atoms with Crippen molar-refractivity contribution in [1.29, 1.82) is 0 Å². The second kappa shape index (κ2) is 8.61. The topological polar surface area (TPSA) is 76.7 Å². The van der Waals surface area contributed by atoms with Crippen LogP contribution in [0.3, 0.4) is 0 Å². The Hall–Kier alpha value is -3.65. The summed E-state index contributed by atoms with van der Waals surface area (Å²) in [7, 11) is 1.93. The molecule has 3 aromatic heterocycles. The van der Waals surface area contributed by atoms with E-state index in [2.05, 4.69) is 56.8 Å². The summed E-state index contributed by atoms with van der Waals surface area (Å²) >= 11 is 0. The molecule has 0 unspecified atom stereocenters. The molecule has 1 aromatic carbocycles. The molecular weight excluding hydrogens is 428 g/mol. The molecule has 1 atom stereocenters. The second-order valence-corrected chi connectivity index (χ2v) is 9.27. The number of hydrogen-bond acceptors (Lipinski definition) is 5. The highest BCUT2D eigenvalue weighted by Crippen LogP contribution is 2.33. The van der Waals surface area contributed by atoms with Crippen LogP contribution in [0.15, 0.2) is 60.9 Å². The first kappa shape index (κ1) is 20.9. The van der Waals surface area contributed by atoms with Crippen molar-refractivity contribution in [3.63, 3.8) is 0 Å². The lowest BCUT2D eigenvalue weighted by molar-refractivity contribution is -0.117. The second-order valence-electron chi connectivity index (χ2n) is 9.27. The summed E-state index contributed by atoms with van der Waals surface area (Å²) in [6, 6.07) is 16.9. The molecule has 2 fully saturated rings. The number of rotatable bonds is 8. The summed E-state index contributed by atoms with van der Waals surface area (Å²) < 4.78 is 9.90. The van der Waals surface area contributed by atoms with Crippen LogP contribution < -0.4 is 10.1 Å². The van der Waals surface area contributed by atoms with Crippen molar-refractivity contribution < 1.29 is 9.53 Å². The maximum Gasteiger partial charge on any atom is 0.228 e. The van der Waals surface area contributed by atoms with Crippen LogP contribution in [-0.4, -0.2) is 49.4 Å². The lowest BCUT2D eigenvalue weighted by Gasteiger charge is -2.40. The monoisotopic (exact) mass is 456 g/mol. The third-order valence-electron chi connectivity index (χ3n) is 6.77. The van der Waals surface area contributed by atoms with Crippen LogP contribution in [0.1, 0.15) is 24.8 Å². The molecule has 0 bridgehead atoms. The molecule has 2 aliphatic rings. The normalized spacial score (nSPS) is 18.1. The lowest BCUT2D eigenvalue weighted by Crippen LogP contribution is -2.50. The molecule has 4 heterocycles. The number of aryl methyl sites for hydroxylation is 1. The third-order valence-corrected chi connectivity index (χ3v) is 6.77. The summed E-state index contributed by atoms with van der Waals surface area (Å²) in [5, 5.41) is 11.8. The summed E-state index contributed by atoms with van der Waals surface area (Å²) in [5.41, 5.74) is 4.17. The highest BCUT2D eigenvalue weighted by molar-refractivity contribution is 5.93. The molecule has 1 N–H and O–H groups in total. The summed E-state index contributed by atoms with van der Waals surface area (Å²) in [5.74, 6) is 1.57. The number of aromatic nitrogens is 4. The SMILES string of the molecule is Cn1ncc(OC[C@H]2CCN2Cc2ccccc2)c1-c1ccn2nc(NC(=O)C3CC3)cc2c1. The first-order valence-corrected chi connectivity index (χ1v) is 11.9. The van der Waals surface area contributed by atoms with Gasteiger partial charge in [-0.05, 0) is 37.0 Å². The number of carbonyl (C=O) groups excluding carboxylic acids is 1. The predicted octanol–water partition coefficient (Wildman–Crippen LogP) is 3.74. The van der Waals surface area contributed by atoms with Crippen LogP contribution in [0, 0.1) is 5.92 Å². The number of anilines is 1. The van der Waals surface area contributed by atoms with E-state index in [1.165, 1.54) is 5.56 Å². The zero-order valence-electron chi connectivity index (χ0n) is 19.2. The van der Waals surface area contributed by atoms with Crippen LogP contribution in [0.4, 0.5) is 5.82 Å². The van der Waals surface area contributed by atoms with E-state index in [-0.39, 0.29) is 11.8 Å². The van der Waals surface area contributed by atoms with Crippen molar-refractivity contribution in [3.8, 4) is 17.0 Å². The van der Waals surface area contributed by atoms with Gasteiger partial charge >= 0.3 is 0 Å². The maximum absolute atomic E-state index is 12.1. The Morgan fingerprint density at radius 2 is 2.00 bits per heavy atom. The van der Waals surface area contributed by atoms with E-state index in [0.29, 0.717) is 18.5 Å². The van der Waals surface area contributed by atoms with Gasteiger partial charge < -0.3 is 10.1 Å². The first-order valence-electron chi connectivity index (χ1n) is 11.9. The minimum absolute atomic E-state index is 0.0586. The van der Waals surface area contributed by atoms with Gasteiger partial charge in [0, 0.05) is 49.9 Å². The van der Waals surface area contributed by atoms with E-state index in [9.17, 15) is 4.79 Å². The number of pyridine rings is 1. The standard InChI is InChI=1S/C26H28N6O2/c1-30-25(20-9-12-32-22(13-20)14-24(29-32)28-26(33)19-7-8-19)23(15-27-30)34-17-21-10-11-31(21)16-18-5-3-2-4-6-18/h2-6,9,12-15,19,21H,7-8,10-11,16-17H2,1H3,(H,28,29,33)/t21-/m1/s1. The predicted molar refractivity (Wildman–Crippen MR) is 129 cm³/mol. The van der Waals surface area contributed by atoms with Crippen molar-refractivity contribution in [3.05, 3.63) is 66.5 Å². The van der Waals surface area contributed by atoms with Gasteiger partial charge in [0.15, 0.2) is 11.6 Å². The van der Waals surface area contributed by atoms with E-state index in [1.807, 2.05) is 30.1 Å². The van der Waals surface area contributed by atoms with Gasteiger partial charge in [0.25, 0.3) is 0 Å². The van der Waals surface area contributed by atoms with Crippen LogP contribution in [0.5, 0.6) is 5.75 Å². The Labute approximate surface area is 198 Å². The number of amides is 1. The number of nitrogens with one attached hydrogen (secondary N) is 1. The molecule has 1 aliphatic carbocycles. The molecule has 4 aromatic rings. The van der Waals surface area contributed by atoms with Crippen LogP contribution in [-0.2, 0) is 18.4 Å². The van der Waals surface area contributed by atoms with Crippen LogP contribution >= 0.6 is 0 Å². The van der Waals surface area contributed by atoms with E-state index in [0.717, 1.165) is 54.9 Å². The van der Waals surface area contributed by atoms with Gasteiger partial charge in [-0.1, -0.05) is 30.3 Å². The van der Waals surface area contributed by atoms with Gasteiger partial charge in [0.2, 0.25) is 5.91 Å². The molecule has 1 saturated carbocycles. The van der Waals surface area contributed by atoms with Crippen LogP contribution in [0.2, 0.25) is 0 Å². The average molecular weight is 457 g/mol. The number of carbonyl (C=O) groups is 1. The van der Waals surface area contributed by atoms with Crippen molar-refractivity contribution in [2.24, 2.45) is 13.0 Å². The molecule has 0 spiro atoms. The summed E-state index contributed by atoms with van der Waals surface area (Å²) in [4.78, 5) is 14.5. The lowest BCUT2D eigenvalue weighted by atomic mass is 10.0. The van der Waals surface area contributed by atoms with Crippen molar-refractivity contribution >= 4 is 17.2 Å². The Morgan fingerprint density at radius 1 is 1.15 bits per heavy atom. The molecule has 1 aliphatic heterocycles. The third kappa shape index (κ3) is 4.17. The number of fused-ring (bicyclic) bond motifs is 1. The number of ether oxygens (including phenoxy) is 1. The molecular formula is C26H28N6O2. The zero-order valence-corrected chi connectivity index (χ0v) is 19.2. The molecule has 0 radical (unpaired) electrons. The molecule has 1 amide bonds. The van der Waals surface area contributed by atoms with Crippen molar-refractivity contribution in [1.82, 2.24) is 24.3 Å². The van der Waals surface area contributed by atoms with Crippen molar-refractivity contribution in [2.45, 2.75) is 31.8 Å². The Kier molecular flexibility index (Phi) is 5.30. The number of nitrogens with zero attached hydrogens (tertiary/aromatic N) is 5. The fourth-order valence-corrected chi connectivity index (χ4v) is 4.52. The Bertz CT molecular complexity index is 1320. The quantitative estimate of drug-likeness (QED) is 0.437. The molecule has 34 heavy (non-hydrogen) atoms. The van der Waals surface area contributed by atoms with E-state index in [1.54, 1.807) is 10.7 Å². The summed E-state index contributed by atoms with van der Waals surface area (Å²) in [6.07, 6.45) is 6.77. The minimum Gasteiger partial charge on any atom is -0.488 e. The van der Waals surface area contributed by atoms with Gasteiger partial charge in [-0.3, -0.25) is 14.4 Å². The number of hydrogen-bond donors (Lipinski definition) is 1. The molecule has 6 rings (SSSR count). The Morgan fingerprint density at radius 3 is 2.76 bits per heavy atom. The van der Waals surface area contributed by atoms with E-state index < -0.39 is 0 Å².